The van der Waals surface area contributed by atoms with Crippen molar-refractivity contribution in [2.45, 2.75) is 32.2 Å². The van der Waals surface area contributed by atoms with E-state index in [1.165, 1.54) is 11.3 Å². The van der Waals surface area contributed by atoms with Gasteiger partial charge in [-0.1, -0.05) is 6.92 Å². The van der Waals surface area contributed by atoms with Gasteiger partial charge in [-0.25, -0.2) is 0 Å². The number of carbonyl (C=O) groups is 1. The Morgan fingerprint density at radius 3 is 2.81 bits per heavy atom. The molecule has 1 aromatic heterocycles. The predicted molar refractivity (Wildman–Crippen MR) is 87.4 cm³/mol. The number of anilines is 2. The van der Waals surface area contributed by atoms with Crippen LogP contribution in [0.4, 0.5) is 10.7 Å². The van der Waals surface area contributed by atoms with E-state index in [1.807, 2.05) is 6.92 Å². The van der Waals surface area contributed by atoms with E-state index in [4.69, 9.17) is 10.5 Å². The molecule has 0 aromatic carbocycles. The third-order valence-electron chi connectivity index (χ3n) is 3.52. The van der Waals surface area contributed by atoms with Gasteiger partial charge in [0.1, 0.15) is 15.6 Å². The molecule has 1 aliphatic rings. The number of hydrogen-bond donors (Lipinski definition) is 4. The fraction of sp³-hybridized carbons (Fsp3) is 0.643. The Hall–Kier alpha value is -1.47. The van der Waals surface area contributed by atoms with Crippen molar-refractivity contribution in [3.8, 4) is 5.75 Å². The van der Waals surface area contributed by atoms with E-state index in [1.54, 1.807) is 7.11 Å². The third-order valence-corrected chi connectivity index (χ3v) is 4.64. The highest BCUT2D eigenvalue weighted by Gasteiger charge is 2.23. The average Bonchev–Trinajstić information content (AvgIpc) is 2.81. The largest absolute Gasteiger partial charge is 0.492 e. The molecule has 2 heterocycles. The highest BCUT2D eigenvalue weighted by molar-refractivity contribution is 7.19. The van der Waals surface area contributed by atoms with Crippen LogP contribution in [0.15, 0.2) is 0 Å². The van der Waals surface area contributed by atoms with E-state index >= 15 is 0 Å². The lowest BCUT2D eigenvalue weighted by Gasteiger charge is -2.24. The van der Waals surface area contributed by atoms with E-state index in [0.29, 0.717) is 28.9 Å². The summed E-state index contributed by atoms with van der Waals surface area (Å²) in [7, 11) is 1.58. The summed E-state index contributed by atoms with van der Waals surface area (Å²) in [5.41, 5.74) is 6.49. The molecule has 0 radical (unpaired) electrons. The lowest BCUT2D eigenvalue weighted by Crippen LogP contribution is -2.35. The maximum absolute atomic E-state index is 12.1. The second kappa shape index (κ2) is 7.51. The molecule has 0 saturated carbocycles. The zero-order valence-electron chi connectivity index (χ0n) is 12.6. The van der Waals surface area contributed by atoms with Crippen LogP contribution < -0.4 is 26.4 Å². The molecule has 0 unspecified atom stereocenters. The number of amides is 1. The van der Waals surface area contributed by atoms with E-state index in [9.17, 15) is 4.79 Å². The molecule has 0 spiro atoms. The van der Waals surface area contributed by atoms with Crippen molar-refractivity contribution in [3.05, 3.63) is 4.88 Å². The van der Waals surface area contributed by atoms with Crippen molar-refractivity contribution in [2.75, 3.05) is 37.8 Å². The van der Waals surface area contributed by atoms with Crippen LogP contribution in [0.1, 0.15) is 35.9 Å². The molecular weight excluding hydrogens is 288 g/mol. The summed E-state index contributed by atoms with van der Waals surface area (Å²) in [5, 5.41) is 10.5. The van der Waals surface area contributed by atoms with Crippen molar-refractivity contribution in [2.24, 2.45) is 0 Å². The predicted octanol–water partition coefficient (Wildman–Crippen LogP) is 1.64. The van der Waals surface area contributed by atoms with Crippen LogP contribution >= 0.6 is 11.3 Å². The fourth-order valence-electron chi connectivity index (χ4n) is 2.37. The van der Waals surface area contributed by atoms with Crippen LogP contribution in [0.2, 0.25) is 0 Å². The van der Waals surface area contributed by atoms with Gasteiger partial charge in [0.2, 0.25) is 0 Å². The maximum atomic E-state index is 12.1. The molecule has 5 N–H and O–H groups in total. The highest BCUT2D eigenvalue weighted by Crippen LogP contribution is 2.43. The van der Waals surface area contributed by atoms with E-state index in [0.717, 1.165) is 37.4 Å². The fourth-order valence-corrected chi connectivity index (χ4v) is 3.45. The first-order valence-electron chi connectivity index (χ1n) is 7.39. The molecule has 21 heavy (non-hydrogen) atoms. The Morgan fingerprint density at radius 2 is 2.19 bits per heavy atom. The highest BCUT2D eigenvalue weighted by atomic mass is 32.1. The van der Waals surface area contributed by atoms with Crippen molar-refractivity contribution in [1.82, 2.24) is 10.6 Å². The number of nitrogen functional groups attached to an aromatic ring is 1. The standard InChI is InChI=1S/C14H24N4O2S/c1-3-6-17-13(19)12-10(15)11(20-2)14(21-12)18-9-4-7-16-8-5-9/h9,16,18H,3-8,15H2,1-2H3,(H,17,19). The van der Waals surface area contributed by atoms with Crippen LogP contribution in [0.25, 0.3) is 0 Å². The maximum Gasteiger partial charge on any atom is 0.263 e. The van der Waals surface area contributed by atoms with Gasteiger partial charge >= 0.3 is 0 Å². The first-order chi connectivity index (χ1) is 10.2. The lowest BCUT2D eigenvalue weighted by molar-refractivity contribution is 0.0958. The second-order valence-electron chi connectivity index (χ2n) is 5.13. The molecule has 1 saturated heterocycles. The molecular formula is C14H24N4O2S. The van der Waals surface area contributed by atoms with Crippen LogP contribution in [-0.2, 0) is 0 Å². The van der Waals surface area contributed by atoms with Crippen molar-refractivity contribution < 1.29 is 9.53 Å². The number of nitrogens with two attached hydrogens (primary N) is 1. The van der Waals surface area contributed by atoms with Crippen LogP contribution in [0.3, 0.4) is 0 Å². The SMILES string of the molecule is CCCNC(=O)c1sc(NC2CCNCC2)c(OC)c1N. The molecule has 0 aliphatic carbocycles. The minimum Gasteiger partial charge on any atom is -0.492 e. The Kier molecular flexibility index (Phi) is 5.69. The van der Waals surface area contributed by atoms with Gasteiger partial charge in [-0.15, -0.1) is 11.3 Å². The van der Waals surface area contributed by atoms with E-state index < -0.39 is 0 Å². The number of methoxy groups -OCH3 is 1. The number of carbonyl (C=O) groups excluding carboxylic acids is 1. The third kappa shape index (κ3) is 3.79. The summed E-state index contributed by atoms with van der Waals surface area (Å²) in [6.45, 7) is 4.67. The van der Waals surface area contributed by atoms with Crippen molar-refractivity contribution in [3.63, 3.8) is 0 Å². The second-order valence-corrected chi connectivity index (χ2v) is 6.15. The summed E-state index contributed by atoms with van der Waals surface area (Å²) in [6, 6.07) is 0.393. The summed E-state index contributed by atoms with van der Waals surface area (Å²) < 4.78 is 5.38. The molecule has 6 nitrogen and oxygen atoms in total. The first-order valence-corrected chi connectivity index (χ1v) is 8.20. The first kappa shape index (κ1) is 15.9. The van der Waals surface area contributed by atoms with Crippen molar-refractivity contribution >= 4 is 27.9 Å². The summed E-state index contributed by atoms with van der Waals surface area (Å²) >= 11 is 1.37. The molecule has 7 heteroatoms. The Labute approximate surface area is 129 Å². The normalized spacial score (nSPS) is 15.7. The Balaban J connectivity index is 2.14. The Morgan fingerprint density at radius 1 is 1.48 bits per heavy atom. The average molecular weight is 312 g/mol. The molecule has 1 fully saturated rings. The van der Waals surface area contributed by atoms with Crippen molar-refractivity contribution in [1.29, 1.82) is 0 Å². The number of rotatable bonds is 6. The zero-order chi connectivity index (χ0) is 15.2. The van der Waals surface area contributed by atoms with E-state index in [2.05, 4.69) is 16.0 Å². The number of nitrogens with one attached hydrogen (secondary N) is 3. The van der Waals surface area contributed by atoms with Gasteiger partial charge in [-0.2, -0.15) is 0 Å². The lowest BCUT2D eigenvalue weighted by atomic mass is 10.1. The number of thiophene rings is 1. The van der Waals surface area contributed by atoms with E-state index in [-0.39, 0.29) is 5.91 Å². The molecule has 1 aromatic rings. The van der Waals surface area contributed by atoms with Gasteiger partial charge in [0.05, 0.1) is 7.11 Å². The molecule has 1 aliphatic heterocycles. The van der Waals surface area contributed by atoms with Gasteiger partial charge in [-0.3, -0.25) is 4.79 Å². The minimum absolute atomic E-state index is 0.129. The molecule has 1 amide bonds. The topological polar surface area (TPSA) is 88.4 Å². The summed E-state index contributed by atoms with van der Waals surface area (Å²) in [4.78, 5) is 12.6. The van der Waals surface area contributed by atoms with Crippen LogP contribution in [0.5, 0.6) is 5.75 Å². The van der Waals surface area contributed by atoms with Gasteiger partial charge in [-0.05, 0) is 32.4 Å². The van der Waals surface area contributed by atoms with Gasteiger partial charge in [0.15, 0.2) is 5.75 Å². The van der Waals surface area contributed by atoms with Gasteiger partial charge in [0.25, 0.3) is 5.91 Å². The Bertz CT molecular complexity index is 484. The van der Waals surface area contributed by atoms with Gasteiger partial charge in [0, 0.05) is 12.6 Å². The van der Waals surface area contributed by atoms with Crippen LogP contribution in [0, 0.1) is 0 Å². The number of hydrogen-bond acceptors (Lipinski definition) is 6. The monoisotopic (exact) mass is 312 g/mol. The molecule has 0 atom stereocenters. The minimum atomic E-state index is -0.129. The molecule has 118 valence electrons. The summed E-state index contributed by atoms with van der Waals surface area (Å²) in [5.74, 6) is 0.455. The zero-order valence-corrected chi connectivity index (χ0v) is 13.4. The molecule has 2 rings (SSSR count). The quantitative estimate of drug-likeness (QED) is 0.641. The summed E-state index contributed by atoms with van der Waals surface area (Å²) in [6.07, 6.45) is 3.00. The smallest absolute Gasteiger partial charge is 0.263 e. The van der Waals surface area contributed by atoms with Crippen LogP contribution in [-0.4, -0.2) is 38.7 Å². The number of ether oxygens (including phenoxy) is 1. The number of piperidine rings is 1. The molecule has 0 bridgehead atoms. The van der Waals surface area contributed by atoms with Gasteiger partial charge < -0.3 is 26.4 Å².